The fraction of sp³-hybridized carbons (Fsp3) is 0. The van der Waals surface area contributed by atoms with E-state index in [-0.39, 0.29) is 0 Å². The zero-order valence-corrected chi connectivity index (χ0v) is 5.28. The highest BCUT2D eigenvalue weighted by Gasteiger charge is 1.88. The molecule has 2 rings (SSSR count). The molecular weight excluding hydrogens is 124 g/mol. The van der Waals surface area contributed by atoms with Crippen LogP contribution in [0.1, 0.15) is 0 Å². The van der Waals surface area contributed by atoms with E-state index in [1.807, 2.05) is 24.3 Å². The van der Waals surface area contributed by atoms with Gasteiger partial charge in [0.1, 0.15) is 6.20 Å². The fourth-order valence-corrected chi connectivity index (χ4v) is 0.865. The van der Waals surface area contributed by atoms with Gasteiger partial charge >= 0.3 is 0 Å². The summed E-state index contributed by atoms with van der Waals surface area (Å²) >= 11 is 0. The predicted octanol–water partition coefficient (Wildman–Crippen LogP) is 1.43. The molecule has 2 nitrogen and oxygen atoms in total. The molecule has 1 aromatic heterocycles. The van der Waals surface area contributed by atoms with Gasteiger partial charge in [0.05, 0.1) is 17.2 Å². The molecular formula is C8H5N2. The Bertz CT molecular complexity index is 278. The van der Waals surface area contributed by atoms with E-state index in [1.165, 1.54) is 0 Å². The molecule has 0 amide bonds. The van der Waals surface area contributed by atoms with Gasteiger partial charge in [0.15, 0.2) is 0 Å². The van der Waals surface area contributed by atoms with Crippen LogP contribution in [0.25, 0.3) is 11.0 Å². The van der Waals surface area contributed by atoms with E-state index in [9.17, 15) is 0 Å². The van der Waals surface area contributed by atoms with Gasteiger partial charge < -0.3 is 0 Å². The molecule has 2 aromatic rings. The van der Waals surface area contributed by atoms with Crippen LogP contribution < -0.4 is 0 Å². The average Bonchev–Trinajstić information content (AvgIpc) is 2.05. The minimum absolute atomic E-state index is 0.894. The molecule has 0 saturated carbocycles. The summed E-state index contributed by atoms with van der Waals surface area (Å²) in [4.78, 5) is 8.06. The monoisotopic (exact) mass is 129 g/mol. The first-order valence-electron chi connectivity index (χ1n) is 3.05. The molecule has 1 heterocycles. The van der Waals surface area contributed by atoms with Crippen LogP contribution in [0, 0.1) is 6.20 Å². The standard InChI is InChI=1S/C8H5N2/c1-2-4-8-7(3-1)9-5-6-10-8/h1-5H. The van der Waals surface area contributed by atoms with Crippen molar-refractivity contribution in [2.75, 3.05) is 0 Å². The summed E-state index contributed by atoms with van der Waals surface area (Å²) in [6.45, 7) is 0. The molecule has 1 aromatic carbocycles. The van der Waals surface area contributed by atoms with Gasteiger partial charge in [0.2, 0.25) is 0 Å². The Morgan fingerprint density at radius 2 is 1.90 bits per heavy atom. The fourth-order valence-electron chi connectivity index (χ4n) is 0.865. The molecule has 0 bridgehead atoms. The molecule has 0 N–H and O–H groups in total. The van der Waals surface area contributed by atoms with Crippen LogP contribution in [0.2, 0.25) is 0 Å². The molecule has 0 saturated heterocycles. The normalized spacial score (nSPS) is 10.0. The Labute approximate surface area is 58.6 Å². The summed E-state index contributed by atoms with van der Waals surface area (Å²) < 4.78 is 0. The van der Waals surface area contributed by atoms with Gasteiger partial charge in [0, 0.05) is 0 Å². The Balaban J connectivity index is 2.89. The number of aromatic nitrogens is 2. The van der Waals surface area contributed by atoms with E-state index >= 15 is 0 Å². The molecule has 0 unspecified atom stereocenters. The first-order valence-corrected chi connectivity index (χ1v) is 3.05. The first kappa shape index (κ1) is 5.35. The van der Waals surface area contributed by atoms with Crippen LogP contribution in [-0.2, 0) is 0 Å². The predicted molar refractivity (Wildman–Crippen MR) is 38.4 cm³/mol. The SMILES string of the molecule is [c]1cnc2ccccc2n1. The van der Waals surface area contributed by atoms with Gasteiger partial charge in [-0.2, -0.15) is 0 Å². The van der Waals surface area contributed by atoms with E-state index in [2.05, 4.69) is 16.2 Å². The number of para-hydroxylation sites is 2. The number of fused-ring (bicyclic) bond motifs is 1. The summed E-state index contributed by atoms with van der Waals surface area (Å²) in [7, 11) is 0. The van der Waals surface area contributed by atoms with Crippen LogP contribution in [-0.4, -0.2) is 9.97 Å². The van der Waals surface area contributed by atoms with Gasteiger partial charge in [0.25, 0.3) is 0 Å². The number of benzene rings is 1. The third-order valence-electron chi connectivity index (χ3n) is 1.33. The van der Waals surface area contributed by atoms with Crippen molar-refractivity contribution in [3.63, 3.8) is 0 Å². The topological polar surface area (TPSA) is 25.8 Å². The van der Waals surface area contributed by atoms with Crippen LogP contribution in [0.15, 0.2) is 30.5 Å². The molecule has 0 fully saturated rings. The zero-order valence-electron chi connectivity index (χ0n) is 5.28. The number of nitrogens with zero attached hydrogens (tertiary/aromatic N) is 2. The van der Waals surface area contributed by atoms with Crippen molar-refractivity contribution in [3.8, 4) is 0 Å². The van der Waals surface area contributed by atoms with Crippen molar-refractivity contribution in [1.29, 1.82) is 0 Å². The van der Waals surface area contributed by atoms with E-state index < -0.39 is 0 Å². The summed E-state index contributed by atoms with van der Waals surface area (Å²) in [6, 6.07) is 7.72. The van der Waals surface area contributed by atoms with Gasteiger partial charge in [-0.05, 0) is 12.1 Å². The average molecular weight is 129 g/mol. The maximum atomic E-state index is 4.06. The largest absolute Gasteiger partial charge is 0.252 e. The second kappa shape index (κ2) is 2.06. The van der Waals surface area contributed by atoms with E-state index in [4.69, 9.17) is 0 Å². The highest BCUT2D eigenvalue weighted by molar-refractivity contribution is 5.72. The van der Waals surface area contributed by atoms with Crippen LogP contribution in [0.5, 0.6) is 0 Å². The number of rotatable bonds is 0. The van der Waals surface area contributed by atoms with Gasteiger partial charge in [-0.3, -0.25) is 4.98 Å². The third-order valence-corrected chi connectivity index (χ3v) is 1.33. The van der Waals surface area contributed by atoms with Gasteiger partial charge in [-0.1, -0.05) is 12.1 Å². The lowest BCUT2D eigenvalue weighted by Gasteiger charge is -1.90. The van der Waals surface area contributed by atoms with Crippen molar-refractivity contribution < 1.29 is 0 Å². The van der Waals surface area contributed by atoms with E-state index in [1.54, 1.807) is 6.20 Å². The second-order valence-corrected chi connectivity index (χ2v) is 1.99. The van der Waals surface area contributed by atoms with Crippen molar-refractivity contribution in [1.82, 2.24) is 9.97 Å². The van der Waals surface area contributed by atoms with Crippen molar-refractivity contribution in [2.45, 2.75) is 0 Å². The lowest BCUT2D eigenvalue weighted by Crippen LogP contribution is -1.79. The maximum Gasteiger partial charge on any atom is 0.109 e. The minimum Gasteiger partial charge on any atom is -0.252 e. The molecule has 0 atom stereocenters. The van der Waals surface area contributed by atoms with Crippen molar-refractivity contribution >= 4 is 11.0 Å². The molecule has 47 valence electrons. The third kappa shape index (κ3) is 0.739. The van der Waals surface area contributed by atoms with Gasteiger partial charge in [-0.15, -0.1) is 0 Å². The van der Waals surface area contributed by atoms with Crippen LogP contribution >= 0.6 is 0 Å². The molecule has 2 heteroatoms. The highest BCUT2D eigenvalue weighted by atomic mass is 14.8. The minimum atomic E-state index is 0.894. The lowest BCUT2D eigenvalue weighted by molar-refractivity contribution is 1.28. The van der Waals surface area contributed by atoms with Crippen LogP contribution in [0.3, 0.4) is 0 Å². The van der Waals surface area contributed by atoms with Crippen molar-refractivity contribution in [3.05, 3.63) is 36.7 Å². The quantitative estimate of drug-likeness (QED) is 0.537. The Hall–Kier alpha value is -1.44. The Kier molecular flexibility index (Phi) is 1.10. The lowest BCUT2D eigenvalue weighted by atomic mass is 10.3. The maximum absolute atomic E-state index is 4.06. The molecule has 0 aliphatic heterocycles. The summed E-state index contributed by atoms with van der Waals surface area (Å²) in [5.41, 5.74) is 1.81. The smallest absolute Gasteiger partial charge is 0.109 e. The summed E-state index contributed by atoms with van der Waals surface area (Å²) in [6.07, 6.45) is 4.25. The molecule has 0 aliphatic carbocycles. The number of hydrogen-bond acceptors (Lipinski definition) is 2. The number of hydrogen-bond donors (Lipinski definition) is 0. The van der Waals surface area contributed by atoms with E-state index in [0.29, 0.717) is 0 Å². The highest BCUT2D eigenvalue weighted by Crippen LogP contribution is 2.04. The van der Waals surface area contributed by atoms with Crippen LogP contribution in [0.4, 0.5) is 0 Å². The summed E-state index contributed by atoms with van der Waals surface area (Å²) in [5, 5.41) is 0. The Morgan fingerprint density at radius 3 is 2.70 bits per heavy atom. The Morgan fingerprint density at radius 1 is 1.10 bits per heavy atom. The second-order valence-electron chi connectivity index (χ2n) is 1.99. The van der Waals surface area contributed by atoms with Gasteiger partial charge in [-0.25, -0.2) is 4.98 Å². The molecule has 1 radical (unpaired) electrons. The first-order chi connectivity index (χ1) is 4.97. The zero-order chi connectivity index (χ0) is 6.81. The molecule has 0 aliphatic rings. The summed E-state index contributed by atoms with van der Waals surface area (Å²) in [5.74, 6) is 0. The van der Waals surface area contributed by atoms with E-state index in [0.717, 1.165) is 11.0 Å². The molecule has 0 spiro atoms. The molecule has 10 heavy (non-hydrogen) atoms. The van der Waals surface area contributed by atoms with Crippen molar-refractivity contribution in [2.24, 2.45) is 0 Å².